The molecule has 376 valence electrons. The summed E-state index contributed by atoms with van der Waals surface area (Å²) in [7, 11) is 2.16. The molecule has 15 heteroatoms. The first-order chi connectivity index (χ1) is 30.8. The number of piperidine rings is 1. The van der Waals surface area contributed by atoms with Crippen LogP contribution in [0.1, 0.15) is 140 Å². The third kappa shape index (κ3) is 13.5. The molecule has 4 aliphatic rings. The Hall–Kier alpha value is -2.79. The van der Waals surface area contributed by atoms with E-state index in [0.717, 1.165) is 11.1 Å². The number of hydrogen-bond acceptors (Lipinski definition) is 13. The molecule has 1 amide bonds. The van der Waals surface area contributed by atoms with Crippen LogP contribution in [0.5, 0.6) is 0 Å². The van der Waals surface area contributed by atoms with Crippen LogP contribution in [0.15, 0.2) is 23.3 Å². The number of esters is 2. The Morgan fingerprint density at radius 1 is 0.894 bits per heavy atom. The van der Waals surface area contributed by atoms with Gasteiger partial charge in [-0.3, -0.25) is 19.2 Å². The number of allylic oxidation sites excluding steroid dienone is 3. The van der Waals surface area contributed by atoms with Crippen molar-refractivity contribution in [2.75, 3.05) is 27.9 Å². The monoisotopic (exact) mass is 948 g/mol. The summed E-state index contributed by atoms with van der Waals surface area (Å²) in [5.41, 5.74) is 1.79. The van der Waals surface area contributed by atoms with Crippen LogP contribution in [0.4, 0.5) is 0 Å². The van der Waals surface area contributed by atoms with E-state index in [-0.39, 0.29) is 72.6 Å². The van der Waals surface area contributed by atoms with Gasteiger partial charge in [0.2, 0.25) is 5.79 Å². The van der Waals surface area contributed by atoms with Gasteiger partial charge in [0.15, 0.2) is 8.32 Å². The Morgan fingerprint density at radius 3 is 2.12 bits per heavy atom. The molecule has 3 heterocycles. The van der Waals surface area contributed by atoms with Crippen molar-refractivity contribution in [1.82, 2.24) is 4.90 Å². The standard InChI is InChI=1S/C51H85NO13Si/c1-16-37-24-30(2)23-31(3)25-43(60-12)46-44(61-13)27-33(5)51(58,64-46)47(55)48(56)52-22-18-17-19-38(52)49(57)63-45(34(6)41(29-39(37)54)65-66(14,15)50(8,9)10)32(4)26-36-20-21-40(62-35(7)53)42(28-36)59-11/h24,26,31,33-34,36-38,40-46,58H,16-23,25,27-29H2,1-15H3/b30-24+,32-26+/t31-,33+,34+,36-,37+,38-,40+,41+,42+,43-,44-,45+,46+,51+/m0/s1. The van der Waals surface area contributed by atoms with Crippen LogP contribution < -0.4 is 0 Å². The van der Waals surface area contributed by atoms with E-state index in [4.69, 9.17) is 32.8 Å². The number of nitrogens with zero attached hydrogens (tertiary/aromatic N) is 1. The minimum Gasteiger partial charge on any atom is -0.460 e. The van der Waals surface area contributed by atoms with Crippen molar-refractivity contribution in [1.29, 1.82) is 0 Å². The van der Waals surface area contributed by atoms with Crippen molar-refractivity contribution in [3.05, 3.63) is 23.3 Å². The normalized spacial score (nSPS) is 37.5. The molecule has 0 aromatic heterocycles. The Balaban J connectivity index is 1.88. The van der Waals surface area contributed by atoms with Gasteiger partial charge in [-0.15, -0.1) is 0 Å². The molecule has 2 bridgehead atoms. The van der Waals surface area contributed by atoms with Crippen molar-refractivity contribution in [2.24, 2.45) is 29.6 Å². The Morgan fingerprint density at radius 2 is 1.53 bits per heavy atom. The van der Waals surface area contributed by atoms with Crippen LogP contribution in [0.25, 0.3) is 0 Å². The second-order valence-corrected chi connectivity index (χ2v) is 26.3. The molecule has 0 spiro atoms. The second-order valence-electron chi connectivity index (χ2n) is 21.6. The van der Waals surface area contributed by atoms with Crippen LogP contribution in [-0.4, -0.2) is 130 Å². The fourth-order valence-corrected chi connectivity index (χ4v) is 11.8. The van der Waals surface area contributed by atoms with Crippen LogP contribution in [0.2, 0.25) is 18.1 Å². The van der Waals surface area contributed by atoms with Crippen molar-refractivity contribution in [3.63, 3.8) is 0 Å². The number of Topliss-reactive ketones (excluding diaryl/α,β-unsaturated/α-hetero) is 2. The lowest BCUT2D eigenvalue weighted by atomic mass is 9.81. The lowest BCUT2D eigenvalue weighted by molar-refractivity contribution is -0.302. The van der Waals surface area contributed by atoms with E-state index in [9.17, 15) is 29.1 Å². The number of carbonyl (C=O) groups is 5. The summed E-state index contributed by atoms with van der Waals surface area (Å²) in [4.78, 5) is 71.7. The smallest absolute Gasteiger partial charge is 0.329 e. The highest BCUT2D eigenvalue weighted by atomic mass is 28.4. The molecule has 0 radical (unpaired) electrons. The van der Waals surface area contributed by atoms with Crippen LogP contribution in [0.3, 0.4) is 0 Å². The average Bonchev–Trinajstić information content (AvgIpc) is 3.25. The van der Waals surface area contributed by atoms with Gasteiger partial charge in [0, 0.05) is 59.0 Å². The summed E-state index contributed by atoms with van der Waals surface area (Å²) >= 11 is 0. The molecular weight excluding hydrogens is 863 g/mol. The molecule has 4 rings (SSSR count). The van der Waals surface area contributed by atoms with Crippen molar-refractivity contribution >= 4 is 37.7 Å². The first-order valence-corrected chi connectivity index (χ1v) is 27.5. The number of hydrogen-bond donors (Lipinski definition) is 1. The first kappa shape index (κ1) is 55.8. The summed E-state index contributed by atoms with van der Waals surface area (Å²) in [6.07, 6.45) is 5.15. The molecule has 66 heavy (non-hydrogen) atoms. The van der Waals surface area contributed by atoms with Crippen molar-refractivity contribution in [2.45, 2.75) is 213 Å². The van der Waals surface area contributed by atoms with Crippen molar-refractivity contribution in [3.8, 4) is 0 Å². The summed E-state index contributed by atoms with van der Waals surface area (Å²) in [6, 6.07) is -1.12. The summed E-state index contributed by atoms with van der Waals surface area (Å²) in [5, 5.41) is 12.0. The summed E-state index contributed by atoms with van der Waals surface area (Å²) in [6.45, 7) is 23.9. The number of rotatable bonds is 9. The van der Waals surface area contributed by atoms with Gasteiger partial charge in [0.25, 0.3) is 11.7 Å². The molecule has 0 aromatic carbocycles. The number of methoxy groups -OCH3 is 3. The third-order valence-corrected chi connectivity index (χ3v) is 19.9. The molecular formula is C51H85NO13Si. The molecule has 1 aliphatic carbocycles. The largest absolute Gasteiger partial charge is 0.460 e. The average molecular weight is 948 g/mol. The molecule has 3 aliphatic heterocycles. The summed E-state index contributed by atoms with van der Waals surface area (Å²) in [5.74, 6) is -7.40. The maximum atomic E-state index is 14.9. The van der Waals surface area contributed by atoms with E-state index in [1.54, 1.807) is 28.3 Å². The molecule has 1 saturated carbocycles. The fraction of sp³-hybridized carbons (Fsp3) is 0.824. The number of amides is 1. The highest BCUT2D eigenvalue weighted by Crippen LogP contribution is 2.42. The van der Waals surface area contributed by atoms with Crippen LogP contribution in [0, 0.1) is 29.6 Å². The minimum absolute atomic E-state index is 0.0120. The Labute approximate surface area is 396 Å². The van der Waals surface area contributed by atoms with Gasteiger partial charge in [-0.1, -0.05) is 66.2 Å². The summed E-state index contributed by atoms with van der Waals surface area (Å²) < 4.78 is 43.5. The number of cyclic esters (lactones) is 1. The van der Waals surface area contributed by atoms with Gasteiger partial charge in [-0.25, -0.2) is 4.79 Å². The van der Waals surface area contributed by atoms with Gasteiger partial charge < -0.3 is 42.9 Å². The predicted octanol–water partition coefficient (Wildman–Crippen LogP) is 8.07. The van der Waals surface area contributed by atoms with Crippen LogP contribution >= 0.6 is 0 Å². The lowest BCUT2D eigenvalue weighted by Crippen LogP contribution is -2.64. The Bertz CT molecular complexity index is 1760. The van der Waals surface area contributed by atoms with Gasteiger partial charge >= 0.3 is 11.9 Å². The molecule has 14 nitrogen and oxygen atoms in total. The number of ketones is 2. The first-order valence-electron chi connectivity index (χ1n) is 24.6. The van der Waals surface area contributed by atoms with E-state index in [1.165, 1.54) is 11.8 Å². The Kier molecular flexibility index (Phi) is 20.0. The van der Waals surface area contributed by atoms with Crippen molar-refractivity contribution < 1.29 is 61.9 Å². The number of aliphatic hydroxyl groups is 1. The fourth-order valence-electron chi connectivity index (χ4n) is 10.4. The number of carbonyl (C=O) groups excluding carboxylic acids is 5. The molecule has 3 fully saturated rings. The highest BCUT2D eigenvalue weighted by Gasteiger charge is 2.57. The number of ether oxygens (including phenoxy) is 6. The lowest BCUT2D eigenvalue weighted by Gasteiger charge is -2.47. The molecule has 0 aromatic rings. The van der Waals surface area contributed by atoms with E-state index < -0.39 is 80.2 Å². The maximum Gasteiger partial charge on any atom is 0.329 e. The zero-order valence-electron chi connectivity index (χ0n) is 42.9. The van der Waals surface area contributed by atoms with Gasteiger partial charge in [-0.2, -0.15) is 0 Å². The predicted molar refractivity (Wildman–Crippen MR) is 254 cm³/mol. The third-order valence-electron chi connectivity index (χ3n) is 15.4. The SMILES string of the molecule is CC[C@@H]1/C=C(\C)C[C@H](C)C[C@H](OC)[C@H]2O[C@@](O)(C(=O)C(=O)N3CCCC[C@H]3C(=O)O[C@H](/C(C)=C/[C@@H]3CC[C@@H](OC(C)=O)[C@H](OC)C3)[C@H](C)[C@H](O[Si](C)(C)C(C)(C)C)CC1=O)[C@H](C)C[C@@H]2OC. The van der Waals surface area contributed by atoms with E-state index in [0.29, 0.717) is 51.4 Å². The van der Waals surface area contributed by atoms with Gasteiger partial charge in [0.05, 0.1) is 24.4 Å². The van der Waals surface area contributed by atoms with Crippen LogP contribution in [-0.2, 0) is 56.8 Å². The zero-order chi connectivity index (χ0) is 49.5. The molecule has 2 saturated heterocycles. The maximum absolute atomic E-state index is 14.9. The second kappa shape index (κ2) is 23.7. The minimum atomic E-state index is -2.55. The molecule has 1 N–H and O–H groups in total. The molecule has 14 atom stereocenters. The van der Waals surface area contributed by atoms with Gasteiger partial charge in [0.1, 0.15) is 30.1 Å². The highest BCUT2D eigenvalue weighted by molar-refractivity contribution is 6.74. The van der Waals surface area contributed by atoms with E-state index >= 15 is 0 Å². The van der Waals surface area contributed by atoms with Gasteiger partial charge in [-0.05, 0) is 114 Å². The molecule has 0 unspecified atom stereocenters. The van der Waals surface area contributed by atoms with E-state index in [2.05, 4.69) is 52.9 Å². The topological polar surface area (TPSA) is 173 Å². The zero-order valence-corrected chi connectivity index (χ0v) is 43.9. The van der Waals surface area contributed by atoms with E-state index in [1.807, 2.05) is 27.7 Å². The number of fused-ring (bicyclic) bond motifs is 3. The quantitative estimate of drug-likeness (QED) is 0.102.